The number of hydrogen-bond acceptors (Lipinski definition) is 1. The first kappa shape index (κ1) is 12.3. The van der Waals surface area contributed by atoms with E-state index in [2.05, 4.69) is 50.6 Å². The Morgan fingerprint density at radius 1 is 1.33 bits per heavy atom. The quantitative estimate of drug-likeness (QED) is 0.740. The monoisotopic (exact) mass is 208 g/mol. The predicted molar refractivity (Wildman–Crippen MR) is 64.8 cm³/mol. The van der Waals surface area contributed by atoms with Crippen molar-refractivity contribution in [2.75, 3.05) is 0 Å². The van der Waals surface area contributed by atoms with Gasteiger partial charge in [-0.1, -0.05) is 34.6 Å². The highest BCUT2D eigenvalue weighted by molar-refractivity contribution is 5.06. The zero-order chi connectivity index (χ0) is 11.5. The molecule has 0 spiro atoms. The number of aromatic nitrogens is 2. The molecule has 1 rings (SSSR count). The SMILES string of the molecule is CC(C)CCn1cc(CC(C)(C)C)cn1. The van der Waals surface area contributed by atoms with Crippen molar-refractivity contribution in [3.63, 3.8) is 0 Å². The molecule has 0 aliphatic heterocycles. The summed E-state index contributed by atoms with van der Waals surface area (Å²) in [6.45, 7) is 12.3. The molecule has 0 bridgehead atoms. The average molecular weight is 208 g/mol. The fourth-order valence-corrected chi connectivity index (χ4v) is 1.62. The van der Waals surface area contributed by atoms with Gasteiger partial charge in [0.1, 0.15) is 0 Å². The highest BCUT2D eigenvalue weighted by Crippen LogP contribution is 2.20. The van der Waals surface area contributed by atoms with Crippen molar-refractivity contribution >= 4 is 0 Å². The van der Waals surface area contributed by atoms with Gasteiger partial charge in [-0.25, -0.2) is 0 Å². The topological polar surface area (TPSA) is 17.8 Å². The molecule has 2 nitrogen and oxygen atoms in total. The number of hydrogen-bond donors (Lipinski definition) is 0. The molecule has 1 aromatic rings. The zero-order valence-corrected chi connectivity index (χ0v) is 10.7. The molecule has 1 heterocycles. The van der Waals surface area contributed by atoms with E-state index < -0.39 is 0 Å². The molecule has 15 heavy (non-hydrogen) atoms. The second kappa shape index (κ2) is 4.82. The lowest BCUT2D eigenvalue weighted by molar-refractivity contribution is 0.410. The van der Waals surface area contributed by atoms with Gasteiger partial charge >= 0.3 is 0 Å². The molecule has 0 radical (unpaired) electrons. The van der Waals surface area contributed by atoms with Crippen LogP contribution in [0.15, 0.2) is 12.4 Å². The summed E-state index contributed by atoms with van der Waals surface area (Å²) in [6.07, 6.45) is 6.50. The second-order valence-corrected chi connectivity index (χ2v) is 6.03. The van der Waals surface area contributed by atoms with Crippen LogP contribution in [0.1, 0.15) is 46.6 Å². The average Bonchev–Trinajstić information content (AvgIpc) is 2.45. The van der Waals surface area contributed by atoms with Gasteiger partial charge in [0.2, 0.25) is 0 Å². The van der Waals surface area contributed by atoms with E-state index in [0.29, 0.717) is 5.41 Å². The van der Waals surface area contributed by atoms with E-state index in [0.717, 1.165) is 18.9 Å². The molecule has 0 fully saturated rings. The third-order valence-electron chi connectivity index (χ3n) is 2.36. The molecule has 86 valence electrons. The van der Waals surface area contributed by atoms with Gasteiger partial charge in [-0.15, -0.1) is 0 Å². The molecule has 0 N–H and O–H groups in total. The Morgan fingerprint density at radius 3 is 2.53 bits per heavy atom. The van der Waals surface area contributed by atoms with E-state index in [9.17, 15) is 0 Å². The van der Waals surface area contributed by atoms with Crippen LogP contribution in [0.2, 0.25) is 0 Å². The van der Waals surface area contributed by atoms with Crippen molar-refractivity contribution in [1.82, 2.24) is 9.78 Å². The van der Waals surface area contributed by atoms with Crippen molar-refractivity contribution in [3.8, 4) is 0 Å². The number of aryl methyl sites for hydroxylation is 1. The predicted octanol–water partition coefficient (Wildman–Crippen LogP) is 3.52. The largest absolute Gasteiger partial charge is 0.272 e. The van der Waals surface area contributed by atoms with Gasteiger partial charge in [-0.05, 0) is 29.7 Å². The van der Waals surface area contributed by atoms with E-state index >= 15 is 0 Å². The second-order valence-electron chi connectivity index (χ2n) is 6.03. The molecule has 2 heteroatoms. The maximum absolute atomic E-state index is 4.39. The minimum atomic E-state index is 0.353. The molecule has 0 amide bonds. The van der Waals surface area contributed by atoms with Crippen LogP contribution in [0.5, 0.6) is 0 Å². The lowest BCUT2D eigenvalue weighted by Gasteiger charge is -2.16. The van der Waals surface area contributed by atoms with E-state index in [-0.39, 0.29) is 0 Å². The van der Waals surface area contributed by atoms with Gasteiger partial charge in [0.05, 0.1) is 6.20 Å². The van der Waals surface area contributed by atoms with Crippen LogP contribution in [0, 0.1) is 11.3 Å². The fraction of sp³-hybridized carbons (Fsp3) is 0.769. The van der Waals surface area contributed by atoms with Crippen molar-refractivity contribution in [1.29, 1.82) is 0 Å². The first-order valence-corrected chi connectivity index (χ1v) is 5.88. The van der Waals surface area contributed by atoms with E-state index in [1.54, 1.807) is 0 Å². The first-order valence-electron chi connectivity index (χ1n) is 5.88. The van der Waals surface area contributed by atoms with E-state index in [1.165, 1.54) is 12.0 Å². The van der Waals surface area contributed by atoms with Crippen LogP contribution in [0.25, 0.3) is 0 Å². The summed E-state index contributed by atoms with van der Waals surface area (Å²) in [5.41, 5.74) is 1.71. The Bertz CT molecular complexity index is 292. The molecular formula is C13H24N2. The summed E-state index contributed by atoms with van der Waals surface area (Å²) in [4.78, 5) is 0. The van der Waals surface area contributed by atoms with Crippen molar-refractivity contribution in [3.05, 3.63) is 18.0 Å². The Balaban J connectivity index is 2.49. The van der Waals surface area contributed by atoms with Crippen LogP contribution in [-0.4, -0.2) is 9.78 Å². The van der Waals surface area contributed by atoms with Gasteiger partial charge in [0.25, 0.3) is 0 Å². The Labute approximate surface area is 93.7 Å². The van der Waals surface area contributed by atoms with Crippen molar-refractivity contribution in [2.45, 2.75) is 54.0 Å². The minimum Gasteiger partial charge on any atom is -0.272 e. The summed E-state index contributed by atoms with van der Waals surface area (Å²) in [6, 6.07) is 0. The lowest BCUT2D eigenvalue weighted by atomic mass is 9.89. The summed E-state index contributed by atoms with van der Waals surface area (Å²) < 4.78 is 2.07. The van der Waals surface area contributed by atoms with Crippen LogP contribution in [0.3, 0.4) is 0 Å². The highest BCUT2D eigenvalue weighted by atomic mass is 15.3. The van der Waals surface area contributed by atoms with Gasteiger partial charge in [-0.2, -0.15) is 5.10 Å². The summed E-state index contributed by atoms with van der Waals surface area (Å²) >= 11 is 0. The van der Waals surface area contributed by atoms with Gasteiger partial charge in [0, 0.05) is 12.7 Å². The van der Waals surface area contributed by atoms with Gasteiger partial charge in [0.15, 0.2) is 0 Å². The summed E-state index contributed by atoms with van der Waals surface area (Å²) in [5.74, 6) is 0.750. The fourth-order valence-electron chi connectivity index (χ4n) is 1.62. The molecule has 0 aromatic carbocycles. The molecule has 1 aromatic heterocycles. The Hall–Kier alpha value is -0.790. The number of nitrogens with zero attached hydrogens (tertiary/aromatic N) is 2. The highest BCUT2D eigenvalue weighted by Gasteiger charge is 2.12. The maximum Gasteiger partial charge on any atom is 0.0521 e. The van der Waals surface area contributed by atoms with Crippen molar-refractivity contribution in [2.24, 2.45) is 11.3 Å². The summed E-state index contributed by atoms with van der Waals surface area (Å²) in [7, 11) is 0. The number of rotatable bonds is 4. The van der Waals surface area contributed by atoms with E-state index in [1.807, 2.05) is 6.20 Å². The molecule has 0 aliphatic carbocycles. The lowest BCUT2D eigenvalue weighted by Crippen LogP contribution is -2.08. The van der Waals surface area contributed by atoms with E-state index in [4.69, 9.17) is 0 Å². The molecular weight excluding hydrogens is 184 g/mol. The Morgan fingerprint density at radius 2 is 2.00 bits per heavy atom. The molecule has 0 aliphatic rings. The maximum atomic E-state index is 4.39. The van der Waals surface area contributed by atoms with Gasteiger partial charge < -0.3 is 0 Å². The Kier molecular flexibility index (Phi) is 3.95. The van der Waals surface area contributed by atoms with Crippen LogP contribution in [0.4, 0.5) is 0 Å². The van der Waals surface area contributed by atoms with Crippen molar-refractivity contribution < 1.29 is 0 Å². The third-order valence-corrected chi connectivity index (χ3v) is 2.36. The minimum absolute atomic E-state index is 0.353. The van der Waals surface area contributed by atoms with Crippen LogP contribution in [-0.2, 0) is 13.0 Å². The molecule has 0 saturated heterocycles. The van der Waals surface area contributed by atoms with Gasteiger partial charge in [-0.3, -0.25) is 4.68 Å². The standard InChI is InChI=1S/C13H24N2/c1-11(2)6-7-15-10-12(9-14-15)8-13(3,4)5/h9-11H,6-8H2,1-5H3. The zero-order valence-electron chi connectivity index (χ0n) is 10.7. The molecule has 0 atom stereocenters. The molecule has 0 saturated carbocycles. The molecule has 0 unspecified atom stereocenters. The van der Waals surface area contributed by atoms with Crippen LogP contribution < -0.4 is 0 Å². The first-order chi connectivity index (χ1) is 6.87. The normalized spacial score (nSPS) is 12.4. The summed E-state index contributed by atoms with van der Waals surface area (Å²) in [5, 5.41) is 4.39. The third kappa shape index (κ3) is 5.01. The van der Waals surface area contributed by atoms with Crippen LogP contribution >= 0.6 is 0 Å². The smallest absolute Gasteiger partial charge is 0.0521 e.